The van der Waals surface area contributed by atoms with Crippen molar-refractivity contribution in [1.29, 1.82) is 0 Å². The number of carbonyl (C=O) groups is 1. The fourth-order valence-electron chi connectivity index (χ4n) is 4.18. The average Bonchev–Trinajstić information content (AvgIpc) is 3.09. The normalized spacial score (nSPS) is 21.8. The lowest BCUT2D eigenvalue weighted by molar-refractivity contribution is 0.0884. The Morgan fingerprint density at radius 2 is 1.93 bits per heavy atom. The zero-order valence-electron chi connectivity index (χ0n) is 17.2. The van der Waals surface area contributed by atoms with Gasteiger partial charge in [0, 0.05) is 22.4 Å². The number of aromatic amines is 1. The zero-order chi connectivity index (χ0) is 20.4. The fraction of sp³-hybridized carbons (Fsp3) is 0.375. The molecule has 1 aromatic heterocycles. The lowest BCUT2D eigenvalue weighted by Gasteiger charge is -2.34. The maximum absolute atomic E-state index is 13.3. The van der Waals surface area contributed by atoms with Gasteiger partial charge in [-0.3, -0.25) is 4.79 Å². The van der Waals surface area contributed by atoms with E-state index in [1.807, 2.05) is 36.4 Å². The minimum atomic E-state index is -0.0236. The molecule has 152 valence electrons. The largest absolute Gasteiger partial charge is 0.497 e. The van der Waals surface area contributed by atoms with Gasteiger partial charge in [0.15, 0.2) is 0 Å². The number of ether oxygens (including phenoxy) is 1. The molecule has 1 amide bonds. The van der Waals surface area contributed by atoms with Gasteiger partial charge in [0.2, 0.25) is 0 Å². The first-order valence-corrected chi connectivity index (χ1v) is 11.1. The summed E-state index contributed by atoms with van der Waals surface area (Å²) in [6, 6.07) is 16.3. The molecule has 1 heterocycles. The molecule has 0 bridgehead atoms. The van der Waals surface area contributed by atoms with Crippen molar-refractivity contribution in [3.8, 4) is 5.75 Å². The number of hydrogen-bond acceptors (Lipinski definition) is 3. The number of H-pyrrole nitrogens is 1. The van der Waals surface area contributed by atoms with Crippen LogP contribution in [0.15, 0.2) is 58.3 Å². The predicted molar refractivity (Wildman–Crippen MR) is 119 cm³/mol. The summed E-state index contributed by atoms with van der Waals surface area (Å²) >= 11 is 1.62. The minimum Gasteiger partial charge on any atom is -0.497 e. The van der Waals surface area contributed by atoms with Crippen LogP contribution in [0.4, 0.5) is 0 Å². The first-order valence-electron chi connectivity index (χ1n) is 10.3. The highest BCUT2D eigenvalue weighted by Gasteiger charge is 2.29. The summed E-state index contributed by atoms with van der Waals surface area (Å²) in [5.74, 6) is 1.88. The molecule has 2 N–H and O–H groups in total. The Morgan fingerprint density at radius 1 is 1.14 bits per heavy atom. The van der Waals surface area contributed by atoms with Crippen LogP contribution in [0.5, 0.6) is 5.75 Å². The Labute approximate surface area is 176 Å². The second kappa shape index (κ2) is 8.54. The number of hydrogen-bond donors (Lipinski definition) is 2. The molecular formula is C24H28N2O2S. The number of aromatic nitrogens is 1. The molecule has 0 aliphatic heterocycles. The maximum atomic E-state index is 13.3. The summed E-state index contributed by atoms with van der Waals surface area (Å²) in [6.07, 6.45) is 3.47. The van der Waals surface area contributed by atoms with Gasteiger partial charge in [-0.05, 0) is 42.5 Å². The van der Waals surface area contributed by atoms with E-state index in [-0.39, 0.29) is 11.9 Å². The van der Waals surface area contributed by atoms with Crippen molar-refractivity contribution >= 4 is 28.6 Å². The summed E-state index contributed by atoms with van der Waals surface area (Å²) in [5, 5.41) is 4.35. The van der Waals surface area contributed by atoms with Crippen LogP contribution in [0.1, 0.15) is 43.6 Å². The Balaban J connectivity index is 1.69. The van der Waals surface area contributed by atoms with Crippen LogP contribution in [0, 0.1) is 11.8 Å². The van der Waals surface area contributed by atoms with Gasteiger partial charge < -0.3 is 15.0 Å². The Morgan fingerprint density at radius 3 is 2.69 bits per heavy atom. The van der Waals surface area contributed by atoms with Crippen molar-refractivity contribution in [2.24, 2.45) is 11.8 Å². The Bertz CT molecular complexity index is 999. The van der Waals surface area contributed by atoms with Gasteiger partial charge in [-0.15, -0.1) is 0 Å². The summed E-state index contributed by atoms with van der Waals surface area (Å²) in [4.78, 5) is 18.7. The molecule has 1 aliphatic carbocycles. The number of methoxy groups -OCH3 is 1. The van der Waals surface area contributed by atoms with Crippen LogP contribution in [0.2, 0.25) is 0 Å². The summed E-state index contributed by atoms with van der Waals surface area (Å²) < 4.78 is 5.37. The fourth-order valence-corrected chi connectivity index (χ4v) is 5.24. The van der Waals surface area contributed by atoms with Gasteiger partial charge in [0.25, 0.3) is 5.91 Å². The molecule has 4 nitrogen and oxygen atoms in total. The third-order valence-electron chi connectivity index (χ3n) is 6.17. The lowest BCUT2D eigenvalue weighted by atomic mass is 9.78. The molecule has 29 heavy (non-hydrogen) atoms. The van der Waals surface area contributed by atoms with Crippen LogP contribution in [0.3, 0.4) is 0 Å². The Hall–Kier alpha value is -2.40. The van der Waals surface area contributed by atoms with Crippen molar-refractivity contribution < 1.29 is 9.53 Å². The van der Waals surface area contributed by atoms with Gasteiger partial charge in [-0.2, -0.15) is 0 Å². The average molecular weight is 409 g/mol. The number of fused-ring (bicyclic) bond motifs is 1. The molecule has 1 aliphatic rings. The van der Waals surface area contributed by atoms with E-state index in [1.54, 1.807) is 18.9 Å². The molecule has 3 aromatic rings. The number of rotatable bonds is 5. The van der Waals surface area contributed by atoms with E-state index >= 15 is 0 Å². The smallest absolute Gasteiger partial charge is 0.269 e. The van der Waals surface area contributed by atoms with E-state index in [1.165, 1.54) is 12.8 Å². The van der Waals surface area contributed by atoms with Crippen molar-refractivity contribution in [2.75, 3.05) is 7.11 Å². The van der Waals surface area contributed by atoms with E-state index in [4.69, 9.17) is 4.74 Å². The van der Waals surface area contributed by atoms with E-state index in [9.17, 15) is 4.79 Å². The summed E-state index contributed by atoms with van der Waals surface area (Å²) in [6.45, 7) is 4.54. The molecule has 3 atom stereocenters. The van der Waals surface area contributed by atoms with Crippen LogP contribution >= 0.6 is 11.8 Å². The van der Waals surface area contributed by atoms with Crippen molar-refractivity contribution in [2.45, 2.75) is 48.9 Å². The topological polar surface area (TPSA) is 54.1 Å². The first-order chi connectivity index (χ1) is 14.1. The van der Waals surface area contributed by atoms with Crippen LogP contribution < -0.4 is 10.1 Å². The monoisotopic (exact) mass is 408 g/mol. The van der Waals surface area contributed by atoms with Gasteiger partial charge in [0.1, 0.15) is 11.4 Å². The highest BCUT2D eigenvalue weighted by Crippen LogP contribution is 2.38. The van der Waals surface area contributed by atoms with Crippen LogP contribution in [0.25, 0.3) is 10.9 Å². The van der Waals surface area contributed by atoms with E-state index < -0.39 is 0 Å². The molecule has 0 spiro atoms. The molecular weight excluding hydrogens is 380 g/mol. The number of amides is 1. The van der Waals surface area contributed by atoms with Crippen molar-refractivity contribution in [3.63, 3.8) is 0 Å². The highest BCUT2D eigenvalue weighted by atomic mass is 32.2. The second-order valence-electron chi connectivity index (χ2n) is 8.00. The van der Waals surface area contributed by atoms with Gasteiger partial charge >= 0.3 is 0 Å². The number of benzene rings is 2. The van der Waals surface area contributed by atoms with Gasteiger partial charge in [-0.1, -0.05) is 56.7 Å². The van der Waals surface area contributed by atoms with Crippen molar-refractivity contribution in [1.82, 2.24) is 10.3 Å². The van der Waals surface area contributed by atoms with E-state index in [0.29, 0.717) is 17.5 Å². The van der Waals surface area contributed by atoms with Gasteiger partial charge in [0.05, 0.1) is 17.5 Å². The SMILES string of the molecule is COc1ccc2c(Sc3ccccc3)c(C(=O)N[C@@H]3CCC[C@@H](C)[C@@H]3C)[nH]c2c1. The molecule has 2 aromatic carbocycles. The Kier molecular flexibility index (Phi) is 5.86. The number of nitrogens with one attached hydrogen (secondary N) is 2. The molecule has 1 fully saturated rings. The van der Waals surface area contributed by atoms with E-state index in [0.717, 1.165) is 32.9 Å². The molecule has 0 saturated heterocycles. The first kappa shape index (κ1) is 19.9. The third-order valence-corrected chi connectivity index (χ3v) is 7.31. The maximum Gasteiger partial charge on any atom is 0.269 e. The van der Waals surface area contributed by atoms with E-state index in [2.05, 4.69) is 36.3 Å². The van der Waals surface area contributed by atoms with Crippen LogP contribution in [-0.2, 0) is 0 Å². The number of carbonyl (C=O) groups excluding carboxylic acids is 1. The van der Waals surface area contributed by atoms with Crippen LogP contribution in [-0.4, -0.2) is 24.0 Å². The summed E-state index contributed by atoms with van der Waals surface area (Å²) in [5.41, 5.74) is 1.55. The minimum absolute atomic E-state index is 0.0236. The zero-order valence-corrected chi connectivity index (χ0v) is 18.0. The molecule has 4 rings (SSSR count). The summed E-state index contributed by atoms with van der Waals surface area (Å²) in [7, 11) is 1.66. The quantitative estimate of drug-likeness (QED) is 0.554. The third kappa shape index (κ3) is 4.15. The second-order valence-corrected chi connectivity index (χ2v) is 9.09. The molecule has 0 unspecified atom stereocenters. The molecule has 1 saturated carbocycles. The predicted octanol–water partition coefficient (Wildman–Crippen LogP) is 5.88. The highest BCUT2D eigenvalue weighted by molar-refractivity contribution is 7.99. The molecule has 0 radical (unpaired) electrons. The lowest BCUT2D eigenvalue weighted by Crippen LogP contribution is -2.43. The van der Waals surface area contributed by atoms with Crippen molar-refractivity contribution in [3.05, 3.63) is 54.2 Å². The van der Waals surface area contributed by atoms with Gasteiger partial charge in [-0.25, -0.2) is 0 Å². The standard InChI is InChI=1S/C24H28N2O2S/c1-15-8-7-11-20(16(15)2)26-24(27)22-23(29-18-9-5-4-6-10-18)19-13-12-17(28-3)14-21(19)25-22/h4-6,9-10,12-16,20,25H,7-8,11H2,1-3H3,(H,26,27)/t15-,16+,20-/m1/s1. The molecule has 5 heteroatoms.